The average Bonchev–Trinajstić information content (AvgIpc) is 2.00. The number of likely N-dealkylation sites (N-methyl/N-ethyl adjacent to an activating group) is 1. The lowest BCUT2D eigenvalue weighted by molar-refractivity contribution is 0.536. The molecule has 0 spiro atoms. The predicted molar refractivity (Wildman–Crippen MR) is 57.4 cm³/mol. The summed E-state index contributed by atoms with van der Waals surface area (Å²) in [6.45, 7) is 5.02. The molecule has 1 aromatic rings. The van der Waals surface area contributed by atoms with E-state index < -0.39 is 0 Å². The second-order valence-corrected chi connectivity index (χ2v) is 4.50. The Kier molecular flexibility index (Phi) is 1.91. The van der Waals surface area contributed by atoms with Crippen LogP contribution in [0.3, 0.4) is 0 Å². The molecule has 2 rings (SSSR count). The van der Waals surface area contributed by atoms with Gasteiger partial charge in [-0.25, -0.2) is 4.39 Å². The molecule has 1 aromatic carbocycles. The Hall–Kier alpha value is -1.25. The molecule has 1 aliphatic rings. The topological polar surface area (TPSA) is 15.3 Å². The highest BCUT2D eigenvalue weighted by atomic mass is 19.1. The van der Waals surface area contributed by atoms with Crippen molar-refractivity contribution in [2.75, 3.05) is 23.8 Å². The van der Waals surface area contributed by atoms with E-state index in [1.54, 1.807) is 6.07 Å². The summed E-state index contributed by atoms with van der Waals surface area (Å²) in [7, 11) is 1.92. The molecule has 76 valence electrons. The van der Waals surface area contributed by atoms with Crippen LogP contribution < -0.4 is 10.2 Å². The van der Waals surface area contributed by atoms with E-state index >= 15 is 0 Å². The maximum absolute atomic E-state index is 13.5. The van der Waals surface area contributed by atoms with Crippen molar-refractivity contribution in [2.45, 2.75) is 19.4 Å². The van der Waals surface area contributed by atoms with Gasteiger partial charge in [0, 0.05) is 19.1 Å². The number of halogens is 1. The zero-order valence-corrected chi connectivity index (χ0v) is 8.76. The Labute approximate surface area is 83.7 Å². The summed E-state index contributed by atoms with van der Waals surface area (Å²) in [4.78, 5) is 1.96. The first-order chi connectivity index (χ1) is 6.49. The Morgan fingerprint density at radius 3 is 2.86 bits per heavy atom. The Balaban J connectivity index is 2.50. The molecule has 14 heavy (non-hydrogen) atoms. The molecule has 2 nitrogen and oxygen atoms in total. The summed E-state index contributed by atoms with van der Waals surface area (Å²) in [6.07, 6.45) is 0. The van der Waals surface area contributed by atoms with E-state index in [2.05, 4.69) is 19.2 Å². The number of hydrogen-bond donors (Lipinski definition) is 1. The van der Waals surface area contributed by atoms with Crippen molar-refractivity contribution in [1.82, 2.24) is 0 Å². The molecule has 0 radical (unpaired) electrons. The molecule has 0 atom stereocenters. The van der Waals surface area contributed by atoms with Crippen LogP contribution in [0.5, 0.6) is 0 Å². The van der Waals surface area contributed by atoms with Crippen LogP contribution in [-0.2, 0) is 0 Å². The molecule has 0 bridgehead atoms. The number of rotatable bonds is 0. The van der Waals surface area contributed by atoms with Gasteiger partial charge >= 0.3 is 0 Å². The minimum absolute atomic E-state index is 0.00442. The Morgan fingerprint density at radius 1 is 1.43 bits per heavy atom. The van der Waals surface area contributed by atoms with E-state index in [1.807, 2.05) is 18.0 Å². The molecule has 1 aliphatic heterocycles. The molecule has 1 N–H and O–H groups in total. The number of benzene rings is 1. The van der Waals surface area contributed by atoms with Crippen molar-refractivity contribution in [2.24, 2.45) is 0 Å². The second-order valence-electron chi connectivity index (χ2n) is 4.50. The van der Waals surface area contributed by atoms with E-state index in [9.17, 15) is 4.39 Å². The number of hydrogen-bond acceptors (Lipinski definition) is 2. The third-order valence-electron chi connectivity index (χ3n) is 2.47. The van der Waals surface area contributed by atoms with Crippen molar-refractivity contribution in [3.05, 3.63) is 24.0 Å². The summed E-state index contributed by atoms with van der Waals surface area (Å²) >= 11 is 0. The SMILES string of the molecule is CN1CC(C)(C)Nc2cccc(F)c21. The van der Waals surface area contributed by atoms with Crippen LogP contribution in [0.1, 0.15) is 13.8 Å². The summed E-state index contributed by atoms with van der Waals surface area (Å²) in [6, 6.07) is 5.14. The molecule has 1 heterocycles. The molecule has 0 fully saturated rings. The first kappa shape index (κ1) is 9.31. The van der Waals surface area contributed by atoms with Gasteiger partial charge in [-0.2, -0.15) is 0 Å². The summed E-state index contributed by atoms with van der Waals surface area (Å²) < 4.78 is 13.5. The summed E-state index contributed by atoms with van der Waals surface area (Å²) in [5.41, 5.74) is 1.55. The number of fused-ring (bicyclic) bond motifs is 1. The van der Waals surface area contributed by atoms with Gasteiger partial charge in [-0.1, -0.05) is 6.07 Å². The fraction of sp³-hybridized carbons (Fsp3) is 0.455. The van der Waals surface area contributed by atoms with Gasteiger partial charge in [0.15, 0.2) is 0 Å². The lowest BCUT2D eigenvalue weighted by atomic mass is 10.00. The first-order valence-electron chi connectivity index (χ1n) is 4.77. The quantitative estimate of drug-likeness (QED) is 0.682. The fourth-order valence-electron chi connectivity index (χ4n) is 2.08. The predicted octanol–water partition coefficient (Wildman–Crippen LogP) is 2.47. The minimum Gasteiger partial charge on any atom is -0.377 e. The monoisotopic (exact) mass is 194 g/mol. The smallest absolute Gasteiger partial charge is 0.148 e. The maximum atomic E-state index is 13.5. The molecule has 0 aromatic heterocycles. The van der Waals surface area contributed by atoms with Gasteiger partial charge in [-0.3, -0.25) is 0 Å². The molecule has 0 saturated heterocycles. The van der Waals surface area contributed by atoms with E-state index in [-0.39, 0.29) is 11.4 Å². The van der Waals surface area contributed by atoms with Gasteiger partial charge < -0.3 is 10.2 Å². The largest absolute Gasteiger partial charge is 0.377 e. The standard InChI is InChI=1S/C11H15FN2/c1-11(2)7-14(3)10-8(12)5-4-6-9(10)13-11/h4-6,13H,7H2,1-3H3. The fourth-order valence-corrected chi connectivity index (χ4v) is 2.08. The molecule has 0 saturated carbocycles. The third-order valence-corrected chi connectivity index (χ3v) is 2.47. The summed E-state index contributed by atoms with van der Waals surface area (Å²) in [5.74, 6) is -0.159. The average molecular weight is 194 g/mol. The van der Waals surface area contributed by atoms with Crippen LogP contribution >= 0.6 is 0 Å². The van der Waals surface area contributed by atoms with Crippen LogP contribution in [0, 0.1) is 5.82 Å². The highest BCUT2D eigenvalue weighted by Crippen LogP contribution is 2.35. The number of nitrogens with zero attached hydrogens (tertiary/aromatic N) is 1. The van der Waals surface area contributed by atoms with E-state index in [0.717, 1.165) is 12.2 Å². The molecule has 0 aliphatic carbocycles. The lowest BCUT2D eigenvalue weighted by Gasteiger charge is -2.40. The van der Waals surface area contributed by atoms with Crippen LogP contribution in [0.2, 0.25) is 0 Å². The number of para-hydroxylation sites is 1. The van der Waals surface area contributed by atoms with Gasteiger partial charge in [0.05, 0.1) is 11.4 Å². The van der Waals surface area contributed by atoms with Crippen molar-refractivity contribution >= 4 is 11.4 Å². The van der Waals surface area contributed by atoms with E-state index in [0.29, 0.717) is 5.69 Å². The number of anilines is 2. The summed E-state index contributed by atoms with van der Waals surface area (Å²) in [5, 5.41) is 3.33. The van der Waals surface area contributed by atoms with Gasteiger partial charge in [0.1, 0.15) is 5.82 Å². The highest BCUT2D eigenvalue weighted by Gasteiger charge is 2.28. The second kappa shape index (κ2) is 2.87. The molecular weight excluding hydrogens is 179 g/mol. The minimum atomic E-state index is -0.159. The van der Waals surface area contributed by atoms with Crippen LogP contribution in [-0.4, -0.2) is 19.1 Å². The van der Waals surface area contributed by atoms with Gasteiger partial charge in [0.2, 0.25) is 0 Å². The van der Waals surface area contributed by atoms with Crippen molar-refractivity contribution in [1.29, 1.82) is 0 Å². The first-order valence-corrected chi connectivity index (χ1v) is 4.77. The van der Waals surface area contributed by atoms with Crippen molar-refractivity contribution in [3.63, 3.8) is 0 Å². The van der Waals surface area contributed by atoms with Gasteiger partial charge in [-0.05, 0) is 26.0 Å². The molecule has 0 amide bonds. The highest BCUT2D eigenvalue weighted by molar-refractivity contribution is 5.73. The third kappa shape index (κ3) is 1.43. The van der Waals surface area contributed by atoms with Crippen molar-refractivity contribution < 1.29 is 4.39 Å². The Bertz CT molecular complexity index is 360. The molecule has 0 unspecified atom stereocenters. The Morgan fingerprint density at radius 2 is 2.14 bits per heavy atom. The van der Waals surface area contributed by atoms with Crippen molar-refractivity contribution in [3.8, 4) is 0 Å². The zero-order chi connectivity index (χ0) is 10.3. The maximum Gasteiger partial charge on any atom is 0.148 e. The van der Waals surface area contributed by atoms with Crippen LogP contribution in [0.25, 0.3) is 0 Å². The van der Waals surface area contributed by atoms with E-state index in [4.69, 9.17) is 0 Å². The molecular formula is C11H15FN2. The lowest BCUT2D eigenvalue weighted by Crippen LogP contribution is -2.47. The van der Waals surface area contributed by atoms with Gasteiger partial charge in [0.25, 0.3) is 0 Å². The zero-order valence-electron chi connectivity index (χ0n) is 8.76. The number of nitrogens with one attached hydrogen (secondary N) is 1. The molecule has 3 heteroatoms. The van der Waals surface area contributed by atoms with Crippen LogP contribution in [0.15, 0.2) is 18.2 Å². The van der Waals surface area contributed by atoms with E-state index in [1.165, 1.54) is 6.07 Å². The normalized spacial score (nSPS) is 18.7. The van der Waals surface area contributed by atoms with Gasteiger partial charge in [-0.15, -0.1) is 0 Å². The van der Waals surface area contributed by atoms with Crippen LogP contribution in [0.4, 0.5) is 15.8 Å².